The summed E-state index contributed by atoms with van der Waals surface area (Å²) in [6, 6.07) is 0. The number of hydrogen-bond acceptors (Lipinski definition) is 2. The van der Waals surface area contributed by atoms with Crippen molar-refractivity contribution < 1.29 is 30.5 Å². The minimum atomic E-state index is -4.85. The Morgan fingerprint density at radius 2 is 1.83 bits per heavy atom. The van der Waals surface area contributed by atoms with Gasteiger partial charge in [-0.15, -0.1) is 0 Å². The van der Waals surface area contributed by atoms with Crippen LogP contribution in [0.3, 0.4) is 0 Å². The molecule has 0 amide bonds. The number of halogens is 4. The van der Waals surface area contributed by atoms with E-state index in [1.165, 1.54) is 0 Å². The van der Waals surface area contributed by atoms with Gasteiger partial charge in [-0.1, -0.05) is 0 Å². The van der Waals surface area contributed by atoms with E-state index in [-0.39, 0.29) is 0 Å². The highest BCUT2D eigenvalue weighted by molar-refractivity contribution is 7.83. The van der Waals surface area contributed by atoms with Crippen molar-refractivity contribution in [3.8, 4) is 0 Å². The minimum absolute atomic E-state index is 0.841. The Bertz CT molecular complexity index is 238. The second-order valence-electron chi connectivity index (χ2n) is 1.86. The molecule has 0 fully saturated rings. The molecular weight excluding hydrogens is 206 g/mol. The third-order valence-corrected chi connectivity index (χ3v) is 1.32. The van der Waals surface area contributed by atoms with Crippen molar-refractivity contribution in [2.24, 2.45) is 0 Å². The Kier molecular flexibility index (Phi) is 3.42. The molecule has 0 spiro atoms. The smallest absolute Gasteiger partial charge is 0.273 e. The molecule has 12 heavy (non-hydrogen) atoms. The van der Waals surface area contributed by atoms with Crippen LogP contribution in [0.1, 0.15) is 0 Å². The summed E-state index contributed by atoms with van der Waals surface area (Å²) in [6.07, 6.45) is -3.98. The summed E-state index contributed by atoms with van der Waals surface area (Å²) in [5.74, 6) is -4.48. The number of nitrogens with one attached hydrogen (secondary N) is 1. The van der Waals surface area contributed by atoms with Crippen LogP contribution in [0.5, 0.6) is 0 Å². The van der Waals surface area contributed by atoms with Crippen LogP contribution in [0.25, 0.3) is 0 Å². The molecule has 0 bridgehead atoms. The molecule has 0 aromatic rings. The summed E-state index contributed by atoms with van der Waals surface area (Å²) in [6.45, 7) is -1.83. The standard InChI is InChI=1S/C3H5F4NO3S/c4-2(5)3(6,7)1-8-12(9,10)11/h2,8H,1H2,(H,9,10,11). The SMILES string of the molecule is O=S(=O)(O)NCC(F)(F)C(F)F. The highest BCUT2D eigenvalue weighted by Gasteiger charge is 2.41. The monoisotopic (exact) mass is 211 g/mol. The fraction of sp³-hybridized carbons (Fsp3) is 1.00. The Labute approximate surface area is 65.4 Å². The van der Waals surface area contributed by atoms with Crippen molar-refractivity contribution in [2.45, 2.75) is 12.3 Å². The van der Waals surface area contributed by atoms with Crippen molar-refractivity contribution in [1.29, 1.82) is 0 Å². The van der Waals surface area contributed by atoms with Gasteiger partial charge in [0.1, 0.15) is 0 Å². The Hall–Kier alpha value is -0.410. The second kappa shape index (κ2) is 3.54. The molecular formula is C3H5F4NO3S. The average molecular weight is 211 g/mol. The van der Waals surface area contributed by atoms with E-state index in [2.05, 4.69) is 0 Å². The van der Waals surface area contributed by atoms with Crippen LogP contribution in [-0.2, 0) is 10.3 Å². The van der Waals surface area contributed by atoms with Crippen molar-refractivity contribution in [2.75, 3.05) is 6.54 Å². The summed E-state index contributed by atoms with van der Waals surface area (Å²) in [5.41, 5.74) is 0. The Morgan fingerprint density at radius 3 is 2.08 bits per heavy atom. The lowest BCUT2D eigenvalue weighted by Gasteiger charge is -2.13. The molecule has 0 saturated heterocycles. The first kappa shape index (κ1) is 11.6. The van der Waals surface area contributed by atoms with Crippen LogP contribution >= 0.6 is 0 Å². The van der Waals surface area contributed by atoms with E-state index in [1.54, 1.807) is 0 Å². The van der Waals surface area contributed by atoms with Gasteiger partial charge in [0.2, 0.25) is 0 Å². The molecule has 0 aromatic heterocycles. The van der Waals surface area contributed by atoms with Gasteiger partial charge in [-0.2, -0.15) is 21.9 Å². The molecule has 4 nitrogen and oxygen atoms in total. The average Bonchev–Trinajstić information content (AvgIpc) is 1.82. The molecule has 2 N–H and O–H groups in total. The third-order valence-electron chi connectivity index (χ3n) is 0.810. The maximum atomic E-state index is 11.9. The number of hydrogen-bond donors (Lipinski definition) is 2. The molecule has 0 aromatic carbocycles. The molecule has 0 aliphatic rings. The van der Waals surface area contributed by atoms with E-state index in [4.69, 9.17) is 4.55 Å². The van der Waals surface area contributed by atoms with Gasteiger partial charge in [0, 0.05) is 0 Å². The highest BCUT2D eigenvalue weighted by Crippen LogP contribution is 2.21. The predicted octanol–water partition coefficient (Wildman–Crippen LogP) is 0.279. The predicted molar refractivity (Wildman–Crippen MR) is 30.5 cm³/mol. The summed E-state index contributed by atoms with van der Waals surface area (Å²) < 4.78 is 74.6. The van der Waals surface area contributed by atoms with Gasteiger partial charge in [0.05, 0.1) is 6.54 Å². The largest absolute Gasteiger partial charge is 0.333 e. The maximum Gasteiger partial charge on any atom is 0.333 e. The molecule has 0 atom stereocenters. The summed E-state index contributed by atoms with van der Waals surface area (Å²) in [5, 5.41) is 0. The fourth-order valence-electron chi connectivity index (χ4n) is 0.265. The Balaban J connectivity index is 4.10. The maximum absolute atomic E-state index is 11.9. The molecule has 74 valence electrons. The number of alkyl halides is 4. The molecule has 0 aliphatic heterocycles. The molecule has 0 aliphatic carbocycles. The van der Waals surface area contributed by atoms with Gasteiger partial charge < -0.3 is 0 Å². The zero-order chi connectivity index (χ0) is 9.99. The van der Waals surface area contributed by atoms with Gasteiger partial charge in [-0.3, -0.25) is 4.55 Å². The lowest BCUT2D eigenvalue weighted by molar-refractivity contribution is -0.122. The van der Waals surface area contributed by atoms with Crippen LogP contribution < -0.4 is 4.72 Å². The first-order valence-corrected chi connectivity index (χ1v) is 3.97. The fourth-order valence-corrected chi connectivity index (χ4v) is 0.639. The van der Waals surface area contributed by atoms with Gasteiger partial charge >= 0.3 is 22.7 Å². The Morgan fingerprint density at radius 1 is 1.42 bits per heavy atom. The quantitative estimate of drug-likeness (QED) is 0.518. The van der Waals surface area contributed by atoms with Crippen LogP contribution in [0.2, 0.25) is 0 Å². The summed E-state index contributed by atoms with van der Waals surface area (Å²) >= 11 is 0. The van der Waals surface area contributed by atoms with E-state index in [1.807, 2.05) is 0 Å². The third kappa shape index (κ3) is 4.46. The normalized spacial score (nSPS) is 13.8. The lowest BCUT2D eigenvalue weighted by Crippen LogP contribution is -2.41. The molecule has 0 heterocycles. The van der Waals surface area contributed by atoms with Crippen molar-refractivity contribution in [3.63, 3.8) is 0 Å². The van der Waals surface area contributed by atoms with Crippen LogP contribution in [0.15, 0.2) is 0 Å². The van der Waals surface area contributed by atoms with E-state index in [0.29, 0.717) is 0 Å². The second-order valence-corrected chi connectivity index (χ2v) is 3.10. The molecule has 0 unspecified atom stereocenters. The minimum Gasteiger partial charge on any atom is -0.273 e. The van der Waals surface area contributed by atoms with Crippen molar-refractivity contribution >= 4 is 10.3 Å². The molecule has 0 saturated carbocycles. The van der Waals surface area contributed by atoms with E-state index < -0.39 is 29.2 Å². The lowest BCUT2D eigenvalue weighted by atomic mass is 10.4. The number of rotatable bonds is 4. The summed E-state index contributed by atoms with van der Waals surface area (Å²) in [7, 11) is -4.85. The van der Waals surface area contributed by atoms with E-state index >= 15 is 0 Å². The van der Waals surface area contributed by atoms with Crippen LogP contribution in [0.4, 0.5) is 17.6 Å². The summed E-state index contributed by atoms with van der Waals surface area (Å²) in [4.78, 5) is 0. The van der Waals surface area contributed by atoms with Crippen LogP contribution in [-0.4, -0.2) is 31.9 Å². The molecule has 9 heteroatoms. The van der Waals surface area contributed by atoms with Gasteiger partial charge in [-0.05, 0) is 0 Å². The van der Waals surface area contributed by atoms with Gasteiger partial charge in [0.15, 0.2) is 0 Å². The van der Waals surface area contributed by atoms with E-state index in [9.17, 15) is 26.0 Å². The first-order chi connectivity index (χ1) is 5.15. The van der Waals surface area contributed by atoms with Crippen LogP contribution in [0, 0.1) is 0 Å². The van der Waals surface area contributed by atoms with Gasteiger partial charge in [-0.25, -0.2) is 8.78 Å². The van der Waals surface area contributed by atoms with Crippen molar-refractivity contribution in [3.05, 3.63) is 0 Å². The highest BCUT2D eigenvalue weighted by atomic mass is 32.2. The van der Waals surface area contributed by atoms with E-state index in [0.717, 1.165) is 4.72 Å². The van der Waals surface area contributed by atoms with Crippen molar-refractivity contribution in [1.82, 2.24) is 4.72 Å². The molecule has 0 radical (unpaired) electrons. The zero-order valence-corrected chi connectivity index (χ0v) is 6.28. The zero-order valence-electron chi connectivity index (χ0n) is 5.47. The van der Waals surface area contributed by atoms with Gasteiger partial charge in [0.25, 0.3) is 0 Å². The molecule has 0 rings (SSSR count). The first-order valence-electron chi connectivity index (χ1n) is 2.53. The topological polar surface area (TPSA) is 66.4 Å².